The monoisotopic (exact) mass is 1160 g/mol. The molecule has 4 N–H and O–H groups in total. The normalized spacial score (nSPS) is 19.5. The van der Waals surface area contributed by atoms with Crippen LogP contribution in [0.1, 0.15) is 101 Å². The molecule has 5 amide bonds. The number of rotatable bonds is 15. The van der Waals surface area contributed by atoms with E-state index in [9.17, 15) is 42.5 Å². The molecular weight excluding hydrogens is 1100 g/mol. The fraction of sp³-hybridized carbons (Fsp3) is 0.344. The van der Waals surface area contributed by atoms with E-state index in [0.29, 0.717) is 54.7 Å². The number of piperidine rings is 2. The van der Waals surface area contributed by atoms with Gasteiger partial charge in [-0.1, -0.05) is 61.1 Å². The third kappa shape index (κ3) is 12.4. The largest absolute Gasteiger partial charge is 0.455 e. The molecule has 3 saturated heterocycles. The van der Waals surface area contributed by atoms with Crippen molar-refractivity contribution in [1.82, 2.24) is 34.7 Å². The summed E-state index contributed by atoms with van der Waals surface area (Å²) in [5.41, 5.74) is 5.75. The van der Waals surface area contributed by atoms with Crippen LogP contribution < -0.4 is 25.0 Å². The molecule has 2 aromatic heterocycles. The van der Waals surface area contributed by atoms with Crippen LogP contribution in [0, 0.1) is 33.3 Å². The minimum absolute atomic E-state index is 0.00650. The molecule has 20 nitrogen and oxygen atoms in total. The number of aromatic nitrogens is 2. The Morgan fingerprint density at radius 2 is 1.73 bits per heavy atom. The van der Waals surface area contributed by atoms with Crippen molar-refractivity contribution in [2.75, 3.05) is 69.1 Å². The summed E-state index contributed by atoms with van der Waals surface area (Å²) in [6.45, 7) is 10.4. The van der Waals surface area contributed by atoms with Gasteiger partial charge in [-0.2, -0.15) is 0 Å². The second kappa shape index (κ2) is 23.4. The van der Waals surface area contributed by atoms with Crippen molar-refractivity contribution in [3.8, 4) is 23.3 Å². The van der Waals surface area contributed by atoms with E-state index in [0.717, 1.165) is 80.3 Å². The lowest BCUT2D eigenvalue weighted by Crippen LogP contribution is -2.54. The zero-order chi connectivity index (χ0) is 58.2. The Hall–Kier alpha value is -8.42. The maximum atomic E-state index is 14.2. The van der Waals surface area contributed by atoms with Gasteiger partial charge < -0.3 is 19.9 Å². The standard InChI is InChI=1S/C61H61ClN10O10S/c1-61(2)22-20-42(49(33-61)39-10-12-43(62)13-11-39)37-69-26-28-70(29-27-69)44-14-16-47(53(31-44)82-45-30-41-21-23-63-56(41)65-35-45)57(74)67-83(80,81)46-15-17-50(52(32-46)72(78)79)64-34-38-6-4-24-68(36-38)25-5-8-40-7-3-9-48-55(40)60(77)71(59(48)76)51-18-19-54(73)66-58(51)75/h3,7,9-17,21,23,30-32,35,38,51,64H,4,6,18-20,22,24-29,33-34,36-37H2,1-2H3,(H,63,65)(H,67,74)(H,66,73,75). The molecule has 1 aliphatic carbocycles. The highest BCUT2D eigenvalue weighted by Gasteiger charge is 2.45. The molecule has 0 radical (unpaired) electrons. The number of ether oxygens (including phenoxy) is 1. The number of nitro groups is 1. The van der Waals surface area contributed by atoms with Gasteiger partial charge in [0.2, 0.25) is 11.8 Å². The van der Waals surface area contributed by atoms with Crippen LogP contribution in [0.4, 0.5) is 17.1 Å². The van der Waals surface area contributed by atoms with Crippen LogP contribution in [-0.2, 0) is 19.6 Å². The number of fused-ring (bicyclic) bond motifs is 2. The Kier molecular flexibility index (Phi) is 15.9. The Bertz CT molecular complexity index is 3830. The highest BCUT2D eigenvalue weighted by Crippen LogP contribution is 2.44. The van der Waals surface area contributed by atoms with Gasteiger partial charge in [-0.25, -0.2) is 18.1 Å². The van der Waals surface area contributed by atoms with Crippen molar-refractivity contribution in [1.29, 1.82) is 0 Å². The Morgan fingerprint density at radius 1 is 0.928 bits per heavy atom. The predicted molar refractivity (Wildman–Crippen MR) is 313 cm³/mol. The quantitative estimate of drug-likeness (QED) is 0.0326. The number of imide groups is 2. The fourth-order valence-electron chi connectivity index (χ4n) is 11.8. The predicted octanol–water partition coefficient (Wildman–Crippen LogP) is 8.40. The van der Waals surface area contributed by atoms with E-state index in [1.54, 1.807) is 36.5 Å². The average molecular weight is 1160 g/mol. The first-order valence-corrected chi connectivity index (χ1v) is 29.6. The molecule has 0 bridgehead atoms. The van der Waals surface area contributed by atoms with Gasteiger partial charge in [0, 0.05) is 92.2 Å². The number of allylic oxidation sites excluding steroid dienone is 1. The minimum atomic E-state index is -4.68. The smallest absolute Gasteiger partial charge is 0.293 e. The molecule has 6 heterocycles. The highest BCUT2D eigenvalue weighted by molar-refractivity contribution is 7.90. The number of nitro benzene ring substituents is 1. The van der Waals surface area contributed by atoms with Crippen molar-refractivity contribution in [2.45, 2.75) is 69.7 Å². The summed E-state index contributed by atoms with van der Waals surface area (Å²) in [4.78, 5) is 91.9. The first-order valence-electron chi connectivity index (χ1n) is 27.7. The molecule has 2 atom stereocenters. The summed E-state index contributed by atoms with van der Waals surface area (Å²) >= 11 is 6.27. The number of benzene rings is 4. The van der Waals surface area contributed by atoms with E-state index in [4.69, 9.17) is 16.3 Å². The second-order valence-corrected chi connectivity index (χ2v) is 24.7. The number of nitrogens with one attached hydrogen (secondary N) is 4. The van der Waals surface area contributed by atoms with Crippen LogP contribution in [-0.4, -0.2) is 132 Å². The number of halogens is 1. The number of piperazine rings is 1. The molecule has 22 heteroatoms. The number of sulfonamides is 1. The van der Waals surface area contributed by atoms with E-state index >= 15 is 0 Å². The summed E-state index contributed by atoms with van der Waals surface area (Å²) in [5.74, 6) is 3.16. The SMILES string of the molecule is CC1(C)CCC(CN2CCN(c3ccc(C(=O)NS(=O)(=O)c4ccc(NCC5CCCN(CC#Cc6cccc7c6C(=O)N(C6CCC(=O)NC6=O)C7=O)C5)c([N+](=O)[O-])c4)c(Oc4cnc5[nH]ccc5c4)c3)CC2)=C(c2ccc(Cl)cc2)C1. The first kappa shape index (κ1) is 56.4. The molecule has 3 fully saturated rings. The third-order valence-corrected chi connectivity index (χ3v) is 17.8. The molecule has 5 aliphatic rings. The molecular formula is C61H61ClN10O10S. The van der Waals surface area contributed by atoms with Crippen molar-refractivity contribution in [3.05, 3.63) is 152 Å². The number of amides is 5. The van der Waals surface area contributed by atoms with Crippen molar-refractivity contribution < 1.29 is 42.1 Å². The summed E-state index contributed by atoms with van der Waals surface area (Å²) in [7, 11) is -4.68. The zero-order valence-electron chi connectivity index (χ0n) is 45.8. The van der Waals surface area contributed by atoms with Gasteiger partial charge in [-0.15, -0.1) is 0 Å². The average Bonchev–Trinajstić information content (AvgIpc) is 3.45. The number of anilines is 2. The number of likely N-dealkylation sites (tertiary alicyclic amines) is 1. The first-order chi connectivity index (χ1) is 39.9. The van der Waals surface area contributed by atoms with E-state index < -0.39 is 61.1 Å². The number of hydrogen-bond acceptors (Lipinski definition) is 15. The second-order valence-electron chi connectivity index (χ2n) is 22.5. The lowest BCUT2D eigenvalue weighted by Gasteiger charge is -2.39. The van der Waals surface area contributed by atoms with Crippen molar-refractivity contribution >= 4 is 84.8 Å². The van der Waals surface area contributed by atoms with Crippen molar-refractivity contribution in [3.63, 3.8) is 0 Å². The molecule has 4 aliphatic heterocycles. The number of aromatic amines is 1. The minimum Gasteiger partial charge on any atom is -0.455 e. The van der Waals surface area contributed by atoms with E-state index in [2.05, 4.69) is 77.8 Å². The van der Waals surface area contributed by atoms with Crippen LogP contribution in [0.5, 0.6) is 11.5 Å². The van der Waals surface area contributed by atoms with Crippen LogP contribution >= 0.6 is 11.6 Å². The summed E-state index contributed by atoms with van der Waals surface area (Å²) < 4.78 is 36.5. The number of pyridine rings is 1. The third-order valence-electron chi connectivity index (χ3n) is 16.2. The number of carbonyl (C=O) groups is 5. The summed E-state index contributed by atoms with van der Waals surface area (Å²) in [6.07, 6.45) is 8.02. The summed E-state index contributed by atoms with van der Waals surface area (Å²) in [5, 5.41) is 19.3. The van der Waals surface area contributed by atoms with Crippen LogP contribution in [0.25, 0.3) is 16.6 Å². The highest BCUT2D eigenvalue weighted by atomic mass is 35.5. The van der Waals surface area contributed by atoms with E-state index in [1.165, 1.54) is 47.2 Å². The van der Waals surface area contributed by atoms with Crippen LogP contribution in [0.3, 0.4) is 0 Å². The van der Waals surface area contributed by atoms with Crippen molar-refractivity contribution in [2.24, 2.45) is 11.3 Å². The lowest BCUT2D eigenvalue weighted by molar-refractivity contribution is -0.384. The Balaban J connectivity index is 0.741. The van der Waals surface area contributed by atoms with Gasteiger partial charge >= 0.3 is 0 Å². The molecule has 0 saturated carbocycles. The van der Waals surface area contributed by atoms with Gasteiger partial charge in [-0.05, 0) is 128 Å². The number of H-pyrrole nitrogens is 1. The zero-order valence-corrected chi connectivity index (χ0v) is 47.4. The van der Waals surface area contributed by atoms with Gasteiger partial charge in [0.15, 0.2) is 0 Å². The molecule has 6 aromatic rings. The fourth-order valence-corrected chi connectivity index (χ4v) is 12.9. The molecule has 0 spiro atoms. The Morgan fingerprint density at radius 3 is 2.52 bits per heavy atom. The Labute approximate surface area is 484 Å². The number of carbonyl (C=O) groups excluding carboxylic acids is 5. The van der Waals surface area contributed by atoms with Crippen LogP contribution in [0.15, 0.2) is 114 Å². The molecule has 2 unspecified atom stereocenters. The maximum absolute atomic E-state index is 14.2. The molecule has 4 aromatic carbocycles. The number of hydrogen-bond donors (Lipinski definition) is 4. The van der Waals surface area contributed by atoms with Gasteiger partial charge in [-0.3, -0.25) is 54.1 Å². The molecule has 428 valence electrons. The maximum Gasteiger partial charge on any atom is 0.293 e. The topological polar surface area (TPSA) is 250 Å². The van der Waals surface area contributed by atoms with E-state index in [-0.39, 0.29) is 52.3 Å². The summed E-state index contributed by atoms with van der Waals surface area (Å²) in [6, 6.07) is 23.8. The number of nitrogens with zero attached hydrogens (tertiary/aromatic N) is 6. The van der Waals surface area contributed by atoms with Gasteiger partial charge in [0.05, 0.1) is 39.3 Å². The van der Waals surface area contributed by atoms with Crippen LogP contribution in [0.2, 0.25) is 5.02 Å². The molecule has 83 heavy (non-hydrogen) atoms. The van der Waals surface area contributed by atoms with E-state index in [1.807, 2.05) is 18.2 Å². The molecule has 11 rings (SSSR count). The lowest BCUT2D eigenvalue weighted by atomic mass is 9.72. The van der Waals surface area contributed by atoms with Gasteiger partial charge in [0.25, 0.3) is 33.4 Å². The van der Waals surface area contributed by atoms with Gasteiger partial charge in [0.1, 0.15) is 28.9 Å².